The van der Waals surface area contributed by atoms with Gasteiger partial charge >= 0.3 is 5.97 Å². The molecule has 0 fully saturated rings. The first-order chi connectivity index (χ1) is 13.3. The topological polar surface area (TPSA) is 99.9 Å². The van der Waals surface area contributed by atoms with E-state index in [9.17, 15) is 23.9 Å². The van der Waals surface area contributed by atoms with E-state index in [0.29, 0.717) is 17.1 Å². The van der Waals surface area contributed by atoms with Gasteiger partial charge in [-0.3, -0.25) is 9.59 Å². The monoisotopic (exact) mass is 390 g/mol. The van der Waals surface area contributed by atoms with Crippen LogP contribution in [0.2, 0.25) is 0 Å². The number of amides is 2. The fraction of sp³-hybridized carbons (Fsp3) is 0.350. The number of carboxylic acids is 1. The number of hydrogen-bond acceptors (Lipinski definition) is 4. The largest absolute Gasteiger partial charge is 0.480 e. The number of nitrogens with one attached hydrogen (secondary N) is 1. The molecule has 1 aromatic carbocycles. The van der Waals surface area contributed by atoms with E-state index in [-0.39, 0.29) is 37.7 Å². The lowest BCUT2D eigenvalue weighted by atomic mass is 10.1. The molecule has 8 heteroatoms. The summed E-state index contributed by atoms with van der Waals surface area (Å²) in [7, 11) is 0. The third-order valence-corrected chi connectivity index (χ3v) is 4.26. The van der Waals surface area contributed by atoms with Crippen LogP contribution in [0.1, 0.15) is 26.0 Å². The molecule has 1 heterocycles. The van der Waals surface area contributed by atoms with Crippen molar-refractivity contribution >= 4 is 17.8 Å². The molecule has 2 rings (SSSR count). The summed E-state index contributed by atoms with van der Waals surface area (Å²) >= 11 is 0. The summed E-state index contributed by atoms with van der Waals surface area (Å²) in [4.78, 5) is 36.0. The van der Waals surface area contributed by atoms with Crippen molar-refractivity contribution in [3.63, 3.8) is 0 Å². The van der Waals surface area contributed by atoms with Crippen molar-refractivity contribution in [3.8, 4) is 11.3 Å². The van der Waals surface area contributed by atoms with Gasteiger partial charge in [-0.25, -0.2) is 9.18 Å². The predicted molar refractivity (Wildman–Crippen MR) is 99.9 cm³/mol. The molecule has 1 unspecified atom stereocenters. The summed E-state index contributed by atoms with van der Waals surface area (Å²) in [5.74, 6) is -1.30. The van der Waals surface area contributed by atoms with Gasteiger partial charge in [0.25, 0.3) is 0 Å². The summed E-state index contributed by atoms with van der Waals surface area (Å²) in [6.45, 7) is 3.01. The molecular weight excluding hydrogens is 367 g/mol. The van der Waals surface area contributed by atoms with E-state index >= 15 is 0 Å². The Morgan fingerprint density at radius 3 is 2.57 bits per heavy atom. The second kappa shape index (κ2) is 9.68. The highest BCUT2D eigenvalue weighted by Gasteiger charge is 2.25. The van der Waals surface area contributed by atoms with E-state index in [2.05, 4.69) is 5.32 Å². The van der Waals surface area contributed by atoms with Gasteiger partial charge in [-0.1, -0.05) is 12.1 Å². The van der Waals surface area contributed by atoms with Crippen molar-refractivity contribution in [2.45, 2.75) is 32.7 Å². The van der Waals surface area contributed by atoms with Gasteiger partial charge < -0.3 is 19.7 Å². The molecule has 150 valence electrons. The molecule has 0 aliphatic carbocycles. The molecule has 0 aliphatic rings. The van der Waals surface area contributed by atoms with E-state index in [1.807, 2.05) is 0 Å². The lowest BCUT2D eigenvalue weighted by molar-refractivity contribution is -0.149. The maximum Gasteiger partial charge on any atom is 0.326 e. The predicted octanol–water partition coefficient (Wildman–Crippen LogP) is 2.46. The Balaban J connectivity index is 2.00. The van der Waals surface area contributed by atoms with E-state index < -0.39 is 17.8 Å². The fourth-order valence-electron chi connectivity index (χ4n) is 2.71. The fourth-order valence-corrected chi connectivity index (χ4v) is 2.71. The number of hydrogen-bond donors (Lipinski definition) is 2. The van der Waals surface area contributed by atoms with Crippen molar-refractivity contribution < 1.29 is 28.3 Å². The Bertz CT molecular complexity index is 849. The summed E-state index contributed by atoms with van der Waals surface area (Å²) in [6, 6.07) is 8.49. The van der Waals surface area contributed by atoms with Crippen molar-refractivity contribution in [3.05, 3.63) is 48.0 Å². The van der Waals surface area contributed by atoms with Crippen molar-refractivity contribution in [1.29, 1.82) is 0 Å². The van der Waals surface area contributed by atoms with Crippen LogP contribution in [-0.2, 0) is 20.8 Å². The van der Waals surface area contributed by atoms with Gasteiger partial charge in [-0.05, 0) is 31.2 Å². The minimum Gasteiger partial charge on any atom is -0.480 e. The van der Waals surface area contributed by atoms with Gasteiger partial charge in [0.1, 0.15) is 23.4 Å². The van der Waals surface area contributed by atoms with Crippen molar-refractivity contribution in [2.75, 3.05) is 13.1 Å². The maximum atomic E-state index is 13.8. The highest BCUT2D eigenvalue weighted by Crippen LogP contribution is 2.25. The first kappa shape index (κ1) is 21.1. The number of carbonyl (C=O) groups excluding carboxylic acids is 2. The molecule has 0 saturated carbocycles. The zero-order valence-corrected chi connectivity index (χ0v) is 15.8. The molecule has 0 bridgehead atoms. The van der Waals surface area contributed by atoms with Gasteiger partial charge in [0.05, 0.1) is 5.56 Å². The molecule has 2 amide bonds. The number of benzene rings is 1. The van der Waals surface area contributed by atoms with Crippen LogP contribution in [0, 0.1) is 5.82 Å². The molecular formula is C20H23FN2O5. The summed E-state index contributed by atoms with van der Waals surface area (Å²) in [6.07, 6.45) is 0.276. The molecule has 28 heavy (non-hydrogen) atoms. The SMILES string of the molecule is CC(=O)NCCN(C(=O)CCc1ccc(-c2ccccc2F)o1)C(C)C(=O)O. The van der Waals surface area contributed by atoms with Gasteiger partial charge in [0.2, 0.25) is 11.8 Å². The summed E-state index contributed by atoms with van der Waals surface area (Å²) in [5, 5.41) is 11.8. The Morgan fingerprint density at radius 1 is 1.21 bits per heavy atom. The number of nitrogens with zero attached hydrogens (tertiary/aromatic N) is 1. The molecule has 7 nitrogen and oxygen atoms in total. The van der Waals surface area contributed by atoms with E-state index in [0.717, 1.165) is 0 Å². The number of aryl methyl sites for hydroxylation is 1. The third kappa shape index (κ3) is 5.67. The average Bonchev–Trinajstić information content (AvgIpc) is 3.11. The molecule has 2 aromatic rings. The Morgan fingerprint density at radius 2 is 1.93 bits per heavy atom. The molecule has 2 N–H and O–H groups in total. The van der Waals surface area contributed by atoms with Crippen LogP contribution < -0.4 is 5.32 Å². The van der Waals surface area contributed by atoms with Crippen LogP contribution in [0.4, 0.5) is 4.39 Å². The number of halogens is 1. The second-order valence-electron chi connectivity index (χ2n) is 6.33. The van der Waals surface area contributed by atoms with Crippen LogP contribution in [-0.4, -0.2) is 46.9 Å². The minimum atomic E-state index is -1.13. The van der Waals surface area contributed by atoms with Gasteiger partial charge in [0, 0.05) is 32.9 Å². The molecule has 0 spiro atoms. The summed E-state index contributed by atoms with van der Waals surface area (Å²) in [5.41, 5.74) is 0.330. The third-order valence-electron chi connectivity index (χ3n) is 4.26. The smallest absolute Gasteiger partial charge is 0.326 e. The molecule has 1 atom stereocenters. The van der Waals surface area contributed by atoms with Gasteiger partial charge in [-0.15, -0.1) is 0 Å². The number of rotatable bonds is 9. The van der Waals surface area contributed by atoms with E-state index in [4.69, 9.17) is 4.42 Å². The number of aliphatic carboxylic acids is 1. The lowest BCUT2D eigenvalue weighted by Gasteiger charge is -2.26. The van der Waals surface area contributed by atoms with Gasteiger partial charge in [-0.2, -0.15) is 0 Å². The normalized spacial score (nSPS) is 11.7. The number of carboxylic acid groups (broad SMARTS) is 1. The average molecular weight is 390 g/mol. The first-order valence-corrected chi connectivity index (χ1v) is 8.90. The van der Waals surface area contributed by atoms with Crippen LogP contribution in [0.15, 0.2) is 40.8 Å². The van der Waals surface area contributed by atoms with Crippen LogP contribution in [0.25, 0.3) is 11.3 Å². The minimum absolute atomic E-state index is 0.0297. The zero-order valence-electron chi connectivity index (χ0n) is 15.8. The zero-order chi connectivity index (χ0) is 20.7. The molecule has 1 aromatic heterocycles. The Hall–Kier alpha value is -3.16. The quantitative estimate of drug-likeness (QED) is 0.685. The Kier molecular flexibility index (Phi) is 7.31. The first-order valence-electron chi connectivity index (χ1n) is 8.90. The van der Waals surface area contributed by atoms with Gasteiger partial charge in [0.15, 0.2) is 0 Å². The highest BCUT2D eigenvalue weighted by atomic mass is 19.1. The maximum absolute atomic E-state index is 13.8. The van der Waals surface area contributed by atoms with E-state index in [1.54, 1.807) is 30.3 Å². The molecule has 0 aliphatic heterocycles. The van der Waals surface area contributed by atoms with Crippen LogP contribution >= 0.6 is 0 Å². The van der Waals surface area contributed by atoms with E-state index in [1.165, 1.54) is 24.8 Å². The van der Waals surface area contributed by atoms with Crippen molar-refractivity contribution in [2.24, 2.45) is 0 Å². The molecule has 0 saturated heterocycles. The standard InChI is InChI=1S/C20H23FN2O5/c1-13(20(26)27)23(12-11-22-14(2)24)19(25)10-8-15-7-9-18(28-15)16-5-3-4-6-17(16)21/h3-7,9,13H,8,10-12H2,1-2H3,(H,22,24)(H,26,27). The van der Waals surface area contributed by atoms with Crippen LogP contribution in [0.5, 0.6) is 0 Å². The van der Waals surface area contributed by atoms with Crippen molar-refractivity contribution in [1.82, 2.24) is 10.2 Å². The lowest BCUT2D eigenvalue weighted by Crippen LogP contribution is -2.46. The summed E-state index contributed by atoms with van der Waals surface area (Å²) < 4.78 is 19.5. The number of furan rings is 1. The molecule has 0 radical (unpaired) electrons. The second-order valence-corrected chi connectivity index (χ2v) is 6.33. The Labute approximate surface area is 162 Å². The number of carbonyl (C=O) groups is 3. The van der Waals surface area contributed by atoms with Crippen LogP contribution in [0.3, 0.4) is 0 Å². The highest BCUT2D eigenvalue weighted by molar-refractivity contribution is 5.83.